The Balaban J connectivity index is 2.77. The fourth-order valence-corrected chi connectivity index (χ4v) is 1.65. The standard InChI is InChI=1S/C12H10N2O/c1-8-5-9(7-13-2)11-6-10(15)3-4-12(11)14-8/h3-6,15H,7H2,1H3. The summed E-state index contributed by atoms with van der Waals surface area (Å²) in [5.41, 5.74) is 2.64. The highest BCUT2D eigenvalue weighted by atomic mass is 16.3. The average molecular weight is 198 g/mol. The van der Waals surface area contributed by atoms with Gasteiger partial charge in [-0.1, -0.05) is 0 Å². The molecule has 0 unspecified atom stereocenters. The molecule has 1 aromatic heterocycles. The number of benzene rings is 1. The number of phenolic OH excluding ortho intramolecular Hbond substituents is 1. The fourth-order valence-electron chi connectivity index (χ4n) is 1.65. The number of pyridine rings is 1. The molecule has 0 amide bonds. The van der Waals surface area contributed by atoms with E-state index < -0.39 is 0 Å². The number of phenols is 1. The first-order valence-electron chi connectivity index (χ1n) is 4.63. The zero-order valence-corrected chi connectivity index (χ0v) is 8.36. The summed E-state index contributed by atoms with van der Waals surface area (Å²) < 4.78 is 0. The molecule has 2 aromatic rings. The van der Waals surface area contributed by atoms with Crippen LogP contribution in [0.5, 0.6) is 5.75 Å². The number of rotatable bonds is 1. The lowest BCUT2D eigenvalue weighted by atomic mass is 10.1. The summed E-state index contributed by atoms with van der Waals surface area (Å²) in [6, 6.07) is 6.92. The molecule has 0 bridgehead atoms. The van der Waals surface area contributed by atoms with Crippen molar-refractivity contribution in [3.8, 4) is 5.75 Å². The third-order valence-corrected chi connectivity index (χ3v) is 2.26. The molecular formula is C12H10N2O. The van der Waals surface area contributed by atoms with Gasteiger partial charge in [0.15, 0.2) is 0 Å². The van der Waals surface area contributed by atoms with Crippen molar-refractivity contribution in [3.05, 3.63) is 46.9 Å². The minimum atomic E-state index is 0.208. The molecule has 1 heterocycles. The summed E-state index contributed by atoms with van der Waals surface area (Å²) in [6.07, 6.45) is 0. The average Bonchev–Trinajstić information content (AvgIpc) is 2.19. The minimum absolute atomic E-state index is 0.208. The van der Waals surface area contributed by atoms with Crippen LogP contribution in [0.1, 0.15) is 11.3 Å². The van der Waals surface area contributed by atoms with Crippen LogP contribution in [-0.2, 0) is 6.54 Å². The van der Waals surface area contributed by atoms with Crippen LogP contribution in [0.25, 0.3) is 15.7 Å². The van der Waals surface area contributed by atoms with E-state index >= 15 is 0 Å². The zero-order chi connectivity index (χ0) is 10.8. The molecule has 0 aliphatic rings. The van der Waals surface area contributed by atoms with Gasteiger partial charge in [0.05, 0.1) is 5.52 Å². The van der Waals surface area contributed by atoms with Crippen LogP contribution in [0, 0.1) is 13.5 Å². The van der Waals surface area contributed by atoms with Crippen molar-refractivity contribution in [2.75, 3.05) is 0 Å². The van der Waals surface area contributed by atoms with Gasteiger partial charge in [0.2, 0.25) is 6.54 Å². The van der Waals surface area contributed by atoms with Gasteiger partial charge in [-0.15, -0.1) is 0 Å². The van der Waals surface area contributed by atoms with Crippen LogP contribution in [0.3, 0.4) is 0 Å². The van der Waals surface area contributed by atoms with E-state index in [2.05, 4.69) is 9.83 Å². The second-order valence-electron chi connectivity index (χ2n) is 3.44. The lowest BCUT2D eigenvalue weighted by Crippen LogP contribution is -1.90. The topological polar surface area (TPSA) is 37.5 Å². The summed E-state index contributed by atoms with van der Waals surface area (Å²) in [7, 11) is 0. The lowest BCUT2D eigenvalue weighted by molar-refractivity contribution is 0.476. The van der Waals surface area contributed by atoms with E-state index in [1.807, 2.05) is 13.0 Å². The molecule has 3 heteroatoms. The van der Waals surface area contributed by atoms with Gasteiger partial charge in [0.25, 0.3) is 0 Å². The zero-order valence-electron chi connectivity index (χ0n) is 8.36. The van der Waals surface area contributed by atoms with Crippen molar-refractivity contribution in [2.24, 2.45) is 0 Å². The molecule has 0 fully saturated rings. The SMILES string of the molecule is [C-]#[N+]Cc1cc(C)nc2ccc(O)cc12. The van der Waals surface area contributed by atoms with Crippen molar-refractivity contribution in [1.29, 1.82) is 0 Å². The number of nitrogens with zero attached hydrogens (tertiary/aromatic N) is 2. The normalized spacial score (nSPS) is 10.1. The Labute approximate surface area is 87.8 Å². The predicted octanol–water partition coefficient (Wildman–Crippen LogP) is 2.67. The molecule has 1 aromatic carbocycles. The quantitative estimate of drug-likeness (QED) is 0.715. The number of fused-ring (bicyclic) bond motifs is 1. The molecule has 15 heavy (non-hydrogen) atoms. The number of hydrogen-bond acceptors (Lipinski definition) is 2. The number of aryl methyl sites for hydroxylation is 1. The Morgan fingerprint density at radius 3 is 2.93 bits per heavy atom. The maximum absolute atomic E-state index is 9.39. The Kier molecular flexibility index (Phi) is 2.26. The molecule has 3 nitrogen and oxygen atoms in total. The Hall–Kier alpha value is -2.08. The maximum Gasteiger partial charge on any atom is 0.240 e. The summed E-state index contributed by atoms with van der Waals surface area (Å²) in [4.78, 5) is 7.71. The third-order valence-electron chi connectivity index (χ3n) is 2.26. The first-order valence-corrected chi connectivity index (χ1v) is 4.63. The van der Waals surface area contributed by atoms with Crippen molar-refractivity contribution in [2.45, 2.75) is 13.5 Å². The monoisotopic (exact) mass is 198 g/mol. The van der Waals surface area contributed by atoms with Crippen molar-refractivity contribution < 1.29 is 5.11 Å². The minimum Gasteiger partial charge on any atom is -0.508 e. The van der Waals surface area contributed by atoms with E-state index in [0.29, 0.717) is 6.54 Å². The highest BCUT2D eigenvalue weighted by Gasteiger charge is 2.06. The van der Waals surface area contributed by atoms with Gasteiger partial charge >= 0.3 is 0 Å². The third kappa shape index (κ3) is 1.75. The van der Waals surface area contributed by atoms with Crippen LogP contribution in [0.4, 0.5) is 0 Å². The highest BCUT2D eigenvalue weighted by Crippen LogP contribution is 2.23. The predicted molar refractivity (Wildman–Crippen MR) is 58.5 cm³/mol. The van der Waals surface area contributed by atoms with Crippen LogP contribution < -0.4 is 0 Å². The van der Waals surface area contributed by atoms with E-state index in [-0.39, 0.29) is 5.75 Å². The number of hydrogen-bond donors (Lipinski definition) is 1. The number of aromatic nitrogens is 1. The molecule has 0 spiro atoms. The van der Waals surface area contributed by atoms with Crippen LogP contribution in [-0.4, -0.2) is 10.1 Å². The maximum atomic E-state index is 9.39. The van der Waals surface area contributed by atoms with Crippen molar-refractivity contribution >= 4 is 10.9 Å². The summed E-state index contributed by atoms with van der Waals surface area (Å²) in [5, 5.41) is 10.2. The van der Waals surface area contributed by atoms with Crippen LogP contribution in [0.15, 0.2) is 24.3 Å². The summed E-state index contributed by atoms with van der Waals surface area (Å²) >= 11 is 0. The van der Waals surface area contributed by atoms with Gasteiger partial charge < -0.3 is 9.95 Å². The molecule has 0 aliphatic heterocycles. The molecule has 0 saturated carbocycles. The fraction of sp³-hybridized carbons (Fsp3) is 0.167. The van der Waals surface area contributed by atoms with E-state index in [9.17, 15) is 5.11 Å². The molecule has 74 valence electrons. The second-order valence-corrected chi connectivity index (χ2v) is 3.44. The van der Waals surface area contributed by atoms with Crippen molar-refractivity contribution in [3.63, 3.8) is 0 Å². The van der Waals surface area contributed by atoms with E-state index in [4.69, 9.17) is 6.57 Å². The smallest absolute Gasteiger partial charge is 0.240 e. The lowest BCUT2D eigenvalue weighted by Gasteiger charge is -2.03. The molecule has 1 N–H and O–H groups in total. The molecule has 0 saturated heterocycles. The molecule has 0 atom stereocenters. The van der Waals surface area contributed by atoms with E-state index in [0.717, 1.165) is 22.2 Å². The van der Waals surface area contributed by atoms with E-state index in [1.165, 1.54) is 0 Å². The number of aromatic hydroxyl groups is 1. The summed E-state index contributed by atoms with van der Waals surface area (Å²) in [6.45, 7) is 9.11. The van der Waals surface area contributed by atoms with E-state index in [1.54, 1.807) is 18.2 Å². The molecule has 2 rings (SSSR count). The van der Waals surface area contributed by atoms with Crippen molar-refractivity contribution in [1.82, 2.24) is 4.98 Å². The first kappa shape index (κ1) is 9.47. The van der Waals surface area contributed by atoms with Gasteiger partial charge in [-0.05, 0) is 31.2 Å². The molecular weight excluding hydrogens is 188 g/mol. The molecule has 0 aliphatic carbocycles. The Bertz CT molecular complexity index is 555. The van der Waals surface area contributed by atoms with Gasteiger partial charge in [0, 0.05) is 16.6 Å². The van der Waals surface area contributed by atoms with Gasteiger partial charge in [-0.3, -0.25) is 4.98 Å². The van der Waals surface area contributed by atoms with Gasteiger partial charge in [-0.2, -0.15) is 0 Å². The first-order chi connectivity index (χ1) is 7.20. The van der Waals surface area contributed by atoms with Gasteiger partial charge in [0.1, 0.15) is 5.75 Å². The Morgan fingerprint density at radius 1 is 1.40 bits per heavy atom. The van der Waals surface area contributed by atoms with Crippen LogP contribution >= 0.6 is 0 Å². The second kappa shape index (κ2) is 3.58. The summed E-state index contributed by atoms with van der Waals surface area (Å²) in [5.74, 6) is 0.208. The molecule has 0 radical (unpaired) electrons. The largest absolute Gasteiger partial charge is 0.508 e. The highest BCUT2D eigenvalue weighted by molar-refractivity contribution is 5.83. The van der Waals surface area contributed by atoms with Crippen LogP contribution in [0.2, 0.25) is 0 Å². The Morgan fingerprint density at radius 2 is 2.20 bits per heavy atom. The van der Waals surface area contributed by atoms with Gasteiger partial charge in [-0.25, -0.2) is 6.57 Å².